The molecule has 3 saturated carbocycles. The number of hydrogen-bond acceptors (Lipinski definition) is 3. The number of anilines is 1. The van der Waals surface area contributed by atoms with Crippen LogP contribution in [0, 0.1) is 46.8 Å². The van der Waals surface area contributed by atoms with Crippen LogP contribution in [0.4, 0.5) is 5.69 Å². The minimum absolute atomic E-state index is 0.0337. The van der Waals surface area contributed by atoms with E-state index >= 15 is 0 Å². The molecular weight excluding hydrogens is 420 g/mol. The lowest BCUT2D eigenvalue weighted by Crippen LogP contribution is -2.44. The molecule has 1 N–H and O–H groups in total. The lowest BCUT2D eigenvalue weighted by Gasteiger charge is -2.51. The van der Waals surface area contributed by atoms with Gasteiger partial charge in [0.05, 0.1) is 16.3 Å². The number of nitriles is 1. The van der Waals surface area contributed by atoms with E-state index < -0.39 is 0 Å². The van der Waals surface area contributed by atoms with Crippen LogP contribution >= 0.6 is 11.6 Å². The fourth-order valence-electron chi connectivity index (χ4n) is 7.53. The minimum Gasteiger partial charge on any atom is -0.328 e. The second kappa shape index (κ2) is 7.78. The Bertz CT molecular complexity index is 1130. The number of fused-ring (bicyclic) bond motifs is 7. The molecule has 4 aliphatic rings. The summed E-state index contributed by atoms with van der Waals surface area (Å²) in [5, 5.41) is 12.9. The van der Waals surface area contributed by atoms with Crippen molar-refractivity contribution in [3.8, 4) is 6.07 Å². The molecule has 6 heteroatoms. The largest absolute Gasteiger partial charge is 0.328 e. The highest BCUT2D eigenvalue weighted by molar-refractivity contribution is 6.32. The van der Waals surface area contributed by atoms with E-state index in [0.29, 0.717) is 51.9 Å². The van der Waals surface area contributed by atoms with Gasteiger partial charge < -0.3 is 9.88 Å². The normalized spacial score (nSPS) is 34.6. The van der Waals surface area contributed by atoms with Crippen molar-refractivity contribution in [3.05, 3.63) is 53.1 Å². The molecule has 1 aromatic heterocycles. The third-order valence-corrected chi connectivity index (χ3v) is 9.10. The molecule has 0 bridgehead atoms. The third kappa shape index (κ3) is 3.03. The number of carbonyl (C=O) groups excluding carboxylic acids is 1. The summed E-state index contributed by atoms with van der Waals surface area (Å²) in [5.74, 6) is 4.29. The van der Waals surface area contributed by atoms with Gasteiger partial charge in [-0.2, -0.15) is 5.26 Å². The Balaban J connectivity index is 1.19. The van der Waals surface area contributed by atoms with Crippen LogP contribution in [0.2, 0.25) is 5.02 Å². The molecule has 1 unspecified atom stereocenters. The van der Waals surface area contributed by atoms with E-state index in [1.165, 1.54) is 19.3 Å². The van der Waals surface area contributed by atoms with E-state index in [2.05, 4.69) is 39.3 Å². The number of imidazole rings is 1. The zero-order valence-corrected chi connectivity index (χ0v) is 18.7. The second-order valence-electron chi connectivity index (χ2n) is 9.95. The fourth-order valence-corrected chi connectivity index (χ4v) is 7.75. The number of hydrogen-bond donors (Lipinski definition) is 1. The molecule has 1 amide bonds. The smallest absolute Gasteiger partial charge is 0.227 e. The zero-order valence-electron chi connectivity index (χ0n) is 18.0. The Morgan fingerprint density at radius 2 is 1.88 bits per heavy atom. The molecule has 3 fully saturated rings. The number of benzene rings is 1. The SMILES string of the molecule is N#Cc1c(Cl)cccc1NC(=O)[C@@H]1CC[C@H]2[C@@H]3CCC4[C@H](C=Cc5nccn54)[C@H]3CC[C@@H]21. The molecule has 164 valence electrons. The Hall–Kier alpha value is -2.58. The summed E-state index contributed by atoms with van der Waals surface area (Å²) in [5.41, 5.74) is 0.883. The van der Waals surface area contributed by atoms with Gasteiger partial charge in [0.1, 0.15) is 11.9 Å². The first-order valence-corrected chi connectivity index (χ1v) is 12.2. The van der Waals surface area contributed by atoms with Crippen LogP contribution in [0.15, 0.2) is 36.7 Å². The van der Waals surface area contributed by atoms with Gasteiger partial charge in [0.25, 0.3) is 0 Å². The highest BCUT2D eigenvalue weighted by Gasteiger charge is 2.52. The van der Waals surface area contributed by atoms with Gasteiger partial charge in [0.2, 0.25) is 5.91 Å². The van der Waals surface area contributed by atoms with Crippen molar-refractivity contribution in [2.75, 3.05) is 5.32 Å². The van der Waals surface area contributed by atoms with Crippen LogP contribution in [0.5, 0.6) is 0 Å². The number of aromatic nitrogens is 2. The molecule has 5 nitrogen and oxygen atoms in total. The molecular formula is C26H27ClN4O. The Morgan fingerprint density at radius 3 is 2.75 bits per heavy atom. The molecule has 0 radical (unpaired) electrons. The number of nitrogens with zero attached hydrogens (tertiary/aromatic N) is 3. The summed E-state index contributed by atoms with van der Waals surface area (Å²) in [6.45, 7) is 0. The van der Waals surface area contributed by atoms with Gasteiger partial charge in [0, 0.05) is 30.3 Å². The lowest BCUT2D eigenvalue weighted by molar-refractivity contribution is -0.122. The number of allylic oxidation sites excluding steroid dienone is 1. The molecule has 7 atom stereocenters. The summed E-state index contributed by atoms with van der Waals surface area (Å²) < 4.78 is 2.38. The Labute approximate surface area is 193 Å². The highest BCUT2D eigenvalue weighted by atomic mass is 35.5. The standard InChI is InChI=1S/C26H27ClN4O/c27-22-2-1-3-23(21(22)14-28)30-26(32)20-7-6-15-16-8-10-24-19(17(16)4-5-18(15)20)9-11-25-29-12-13-31(24)25/h1-3,9,11-13,15-20,24H,4-8,10H2,(H,30,32)/t15-,16-,17-,18-,19+,20+,24?/m0/s1. The van der Waals surface area contributed by atoms with Crippen molar-refractivity contribution in [2.24, 2.45) is 35.5 Å². The summed E-state index contributed by atoms with van der Waals surface area (Å²) in [4.78, 5) is 17.7. The van der Waals surface area contributed by atoms with Gasteiger partial charge in [-0.15, -0.1) is 0 Å². The molecule has 6 rings (SSSR count). The number of halogens is 1. The topological polar surface area (TPSA) is 70.7 Å². The van der Waals surface area contributed by atoms with Gasteiger partial charge in [-0.05, 0) is 80.4 Å². The summed E-state index contributed by atoms with van der Waals surface area (Å²) in [7, 11) is 0. The van der Waals surface area contributed by atoms with Gasteiger partial charge >= 0.3 is 0 Å². The molecule has 1 aliphatic heterocycles. The van der Waals surface area contributed by atoms with Gasteiger partial charge in [-0.3, -0.25) is 4.79 Å². The average molecular weight is 447 g/mol. The number of nitrogens with one attached hydrogen (secondary N) is 1. The van der Waals surface area contributed by atoms with E-state index in [0.717, 1.165) is 25.1 Å². The fraction of sp³-hybridized carbons (Fsp3) is 0.500. The number of carbonyl (C=O) groups is 1. The van der Waals surface area contributed by atoms with E-state index in [-0.39, 0.29) is 11.8 Å². The van der Waals surface area contributed by atoms with Crippen LogP contribution in [0.1, 0.15) is 56.0 Å². The summed E-state index contributed by atoms with van der Waals surface area (Å²) in [6.07, 6.45) is 15.6. The van der Waals surface area contributed by atoms with E-state index in [9.17, 15) is 10.1 Å². The Kier molecular flexibility index (Phi) is 4.87. The third-order valence-electron chi connectivity index (χ3n) is 8.79. The minimum atomic E-state index is 0.0337. The predicted molar refractivity (Wildman–Crippen MR) is 124 cm³/mol. The molecule has 2 aromatic rings. The first-order valence-electron chi connectivity index (χ1n) is 11.9. The quantitative estimate of drug-likeness (QED) is 0.643. The van der Waals surface area contributed by atoms with Crippen molar-refractivity contribution in [2.45, 2.75) is 44.6 Å². The maximum absolute atomic E-state index is 13.3. The Morgan fingerprint density at radius 1 is 1.09 bits per heavy atom. The monoisotopic (exact) mass is 446 g/mol. The number of rotatable bonds is 2. The highest BCUT2D eigenvalue weighted by Crippen LogP contribution is 2.58. The van der Waals surface area contributed by atoms with E-state index in [1.807, 2.05) is 6.20 Å². The molecule has 1 aromatic carbocycles. The van der Waals surface area contributed by atoms with E-state index in [4.69, 9.17) is 11.6 Å². The van der Waals surface area contributed by atoms with Crippen LogP contribution in [-0.4, -0.2) is 15.5 Å². The summed E-state index contributed by atoms with van der Waals surface area (Å²) >= 11 is 6.15. The van der Waals surface area contributed by atoms with Gasteiger partial charge in [-0.25, -0.2) is 4.98 Å². The van der Waals surface area contributed by atoms with Crippen molar-refractivity contribution in [1.82, 2.24) is 9.55 Å². The van der Waals surface area contributed by atoms with Crippen molar-refractivity contribution in [1.29, 1.82) is 5.26 Å². The molecule has 3 aliphatic carbocycles. The molecule has 32 heavy (non-hydrogen) atoms. The second-order valence-corrected chi connectivity index (χ2v) is 10.4. The van der Waals surface area contributed by atoms with Gasteiger partial charge in [-0.1, -0.05) is 23.7 Å². The van der Waals surface area contributed by atoms with Crippen LogP contribution in [-0.2, 0) is 4.79 Å². The molecule has 2 heterocycles. The first-order chi connectivity index (χ1) is 15.7. The summed E-state index contributed by atoms with van der Waals surface area (Å²) in [6, 6.07) is 7.91. The number of amides is 1. The van der Waals surface area contributed by atoms with Crippen LogP contribution < -0.4 is 5.32 Å². The molecule has 0 saturated heterocycles. The maximum Gasteiger partial charge on any atom is 0.227 e. The van der Waals surface area contributed by atoms with Crippen LogP contribution in [0.3, 0.4) is 0 Å². The van der Waals surface area contributed by atoms with Crippen LogP contribution in [0.25, 0.3) is 6.08 Å². The maximum atomic E-state index is 13.3. The van der Waals surface area contributed by atoms with Gasteiger partial charge in [0.15, 0.2) is 0 Å². The van der Waals surface area contributed by atoms with Crippen molar-refractivity contribution >= 4 is 29.3 Å². The first kappa shape index (κ1) is 20.1. The van der Waals surface area contributed by atoms with E-state index in [1.54, 1.807) is 18.2 Å². The predicted octanol–water partition coefficient (Wildman–Crippen LogP) is 5.69. The van der Waals surface area contributed by atoms with Crippen molar-refractivity contribution < 1.29 is 4.79 Å². The molecule has 0 spiro atoms. The zero-order chi connectivity index (χ0) is 21.8. The lowest BCUT2D eigenvalue weighted by atomic mass is 9.56. The van der Waals surface area contributed by atoms with Crippen molar-refractivity contribution in [3.63, 3.8) is 0 Å². The average Bonchev–Trinajstić information content (AvgIpc) is 3.46.